The van der Waals surface area contributed by atoms with Crippen LogP contribution in [0.1, 0.15) is 27.3 Å². The minimum Gasteiger partial charge on any atom is -0.479 e. The number of fused-ring (bicyclic) bond motifs is 1. The van der Waals surface area contributed by atoms with Crippen LogP contribution in [0, 0.1) is 0 Å². The summed E-state index contributed by atoms with van der Waals surface area (Å²) in [5, 5.41) is 20.5. The van der Waals surface area contributed by atoms with Gasteiger partial charge in [-0.2, -0.15) is 4.98 Å². The van der Waals surface area contributed by atoms with Crippen LogP contribution >= 0.6 is 0 Å². The van der Waals surface area contributed by atoms with E-state index in [4.69, 9.17) is 15.6 Å². The summed E-state index contributed by atoms with van der Waals surface area (Å²) in [7, 11) is 1.45. The third kappa shape index (κ3) is 3.28. The van der Waals surface area contributed by atoms with Gasteiger partial charge in [-0.1, -0.05) is 6.92 Å². The molecule has 10 heteroatoms. The van der Waals surface area contributed by atoms with Crippen LogP contribution in [0.15, 0.2) is 12.7 Å². The fourth-order valence-electron chi connectivity index (χ4n) is 2.65. The molecule has 0 saturated carbocycles. The summed E-state index contributed by atoms with van der Waals surface area (Å²) in [5.74, 6) is -0.430. The Balaban J connectivity index is 1.77. The zero-order valence-corrected chi connectivity index (χ0v) is 13.8. The molecule has 1 aliphatic heterocycles. The number of methoxy groups -OCH3 is 1. The van der Waals surface area contributed by atoms with Crippen molar-refractivity contribution in [3.05, 3.63) is 12.7 Å². The largest absolute Gasteiger partial charge is 0.479 e. The highest BCUT2D eigenvalue weighted by molar-refractivity contribution is 5.76. The van der Waals surface area contributed by atoms with Crippen LogP contribution in [0.25, 0.3) is 11.2 Å². The highest BCUT2D eigenvalue weighted by Crippen LogP contribution is 2.32. The van der Waals surface area contributed by atoms with E-state index in [-0.39, 0.29) is 12.5 Å². The van der Waals surface area contributed by atoms with Crippen molar-refractivity contribution >= 4 is 17.1 Å². The summed E-state index contributed by atoms with van der Waals surface area (Å²) in [4.78, 5) is 23.8. The van der Waals surface area contributed by atoms with E-state index in [1.165, 1.54) is 24.3 Å². The number of hydrogen-bond donors (Lipinski definition) is 2. The van der Waals surface area contributed by atoms with Gasteiger partial charge in [0, 0.05) is 7.77 Å². The van der Waals surface area contributed by atoms with E-state index in [9.17, 15) is 15.0 Å². The predicted molar refractivity (Wildman–Crippen MR) is 83.7 cm³/mol. The SMILES string of the molecule is [2H]C(CC)C(=O)OC[C@H]1OC(n2cnc3c(OC)ncnc32)[C@@H](O)[C@@H]1O. The third-order valence-corrected chi connectivity index (χ3v) is 3.89. The first-order valence-corrected chi connectivity index (χ1v) is 7.79. The molecule has 136 valence electrons. The van der Waals surface area contributed by atoms with Crippen molar-refractivity contribution in [2.75, 3.05) is 13.7 Å². The molecule has 10 nitrogen and oxygen atoms in total. The molecular formula is C15H20N4O6. The van der Waals surface area contributed by atoms with Crippen LogP contribution < -0.4 is 4.74 Å². The molecule has 2 aromatic rings. The Bertz CT molecular complexity index is 787. The smallest absolute Gasteiger partial charge is 0.305 e. The van der Waals surface area contributed by atoms with Crippen molar-refractivity contribution in [3.8, 4) is 5.88 Å². The Hall–Kier alpha value is -2.30. The van der Waals surface area contributed by atoms with Crippen LogP contribution in [0.5, 0.6) is 5.88 Å². The summed E-state index contributed by atoms with van der Waals surface area (Å²) in [6.45, 7) is 1.42. The second-order valence-corrected chi connectivity index (χ2v) is 5.50. The van der Waals surface area contributed by atoms with Gasteiger partial charge in [-0.05, 0) is 6.42 Å². The van der Waals surface area contributed by atoms with Gasteiger partial charge in [0.2, 0.25) is 5.88 Å². The molecule has 25 heavy (non-hydrogen) atoms. The Labute approximate surface area is 144 Å². The summed E-state index contributed by atoms with van der Waals surface area (Å²) < 4.78 is 24.7. The number of nitrogens with zero attached hydrogens (tertiary/aromatic N) is 4. The molecule has 1 aliphatic rings. The number of aromatic nitrogens is 4. The molecule has 1 fully saturated rings. The molecule has 2 N–H and O–H groups in total. The summed E-state index contributed by atoms with van der Waals surface area (Å²) in [6.07, 6.45) is -2.46. The van der Waals surface area contributed by atoms with Crippen molar-refractivity contribution < 1.29 is 30.6 Å². The number of rotatable bonds is 6. The zero-order valence-electron chi connectivity index (χ0n) is 14.8. The molecule has 0 spiro atoms. The third-order valence-electron chi connectivity index (χ3n) is 3.89. The molecule has 0 amide bonds. The topological polar surface area (TPSA) is 129 Å². The van der Waals surface area contributed by atoms with E-state index < -0.39 is 36.9 Å². The highest BCUT2D eigenvalue weighted by atomic mass is 16.6. The lowest BCUT2D eigenvalue weighted by Crippen LogP contribution is -2.34. The van der Waals surface area contributed by atoms with Crippen LogP contribution in [0.2, 0.25) is 0 Å². The number of carbonyl (C=O) groups is 1. The molecule has 5 atom stereocenters. The van der Waals surface area contributed by atoms with E-state index >= 15 is 0 Å². The van der Waals surface area contributed by atoms with Gasteiger partial charge in [0.1, 0.15) is 31.2 Å². The normalized spacial score (nSPS) is 27.9. The lowest BCUT2D eigenvalue weighted by atomic mass is 10.1. The van der Waals surface area contributed by atoms with E-state index in [0.717, 1.165) is 0 Å². The first-order chi connectivity index (χ1) is 12.5. The quantitative estimate of drug-likeness (QED) is 0.678. The number of aliphatic hydroxyl groups excluding tert-OH is 2. The van der Waals surface area contributed by atoms with Crippen molar-refractivity contribution in [1.29, 1.82) is 0 Å². The molecule has 0 aromatic carbocycles. The first-order valence-electron chi connectivity index (χ1n) is 8.37. The van der Waals surface area contributed by atoms with Crippen molar-refractivity contribution in [2.45, 2.75) is 44.3 Å². The maximum absolute atomic E-state index is 11.6. The van der Waals surface area contributed by atoms with Gasteiger partial charge in [-0.3, -0.25) is 9.36 Å². The Morgan fingerprint density at radius 2 is 2.20 bits per heavy atom. The lowest BCUT2D eigenvalue weighted by Gasteiger charge is -2.16. The molecule has 0 bridgehead atoms. The van der Waals surface area contributed by atoms with Crippen LogP contribution in [-0.4, -0.2) is 67.7 Å². The monoisotopic (exact) mass is 353 g/mol. The van der Waals surface area contributed by atoms with E-state index in [1.807, 2.05) is 0 Å². The van der Waals surface area contributed by atoms with Gasteiger partial charge in [0.15, 0.2) is 17.4 Å². The highest BCUT2D eigenvalue weighted by Gasteiger charge is 2.45. The molecule has 3 rings (SSSR count). The maximum Gasteiger partial charge on any atom is 0.305 e. The molecule has 0 radical (unpaired) electrons. The average Bonchev–Trinajstić information content (AvgIpc) is 3.20. The number of aliphatic hydroxyl groups is 2. The number of esters is 1. The molecule has 2 unspecified atom stereocenters. The van der Waals surface area contributed by atoms with Crippen LogP contribution in [0.3, 0.4) is 0 Å². The Kier molecular flexibility index (Phi) is 4.72. The molecule has 1 saturated heterocycles. The molecule has 3 heterocycles. The minimum absolute atomic E-state index is 0.270. The van der Waals surface area contributed by atoms with Gasteiger partial charge in [-0.15, -0.1) is 0 Å². The maximum atomic E-state index is 11.6. The average molecular weight is 353 g/mol. The second-order valence-electron chi connectivity index (χ2n) is 5.50. The number of ether oxygens (including phenoxy) is 3. The lowest BCUT2D eigenvalue weighted by molar-refractivity contribution is -0.150. The molecule has 0 aliphatic carbocycles. The number of carbonyl (C=O) groups excluding carboxylic acids is 1. The van der Waals surface area contributed by atoms with Crippen molar-refractivity contribution in [2.24, 2.45) is 0 Å². The van der Waals surface area contributed by atoms with E-state index in [1.54, 1.807) is 6.92 Å². The second kappa shape index (κ2) is 7.30. The summed E-state index contributed by atoms with van der Waals surface area (Å²) in [6, 6.07) is 0. The van der Waals surface area contributed by atoms with E-state index in [0.29, 0.717) is 17.6 Å². The fourth-order valence-corrected chi connectivity index (χ4v) is 2.65. The number of hydrogen-bond acceptors (Lipinski definition) is 9. The van der Waals surface area contributed by atoms with Gasteiger partial charge in [-0.25, -0.2) is 9.97 Å². The van der Waals surface area contributed by atoms with Gasteiger partial charge in [0.05, 0.1) is 13.4 Å². The first kappa shape index (κ1) is 16.2. The minimum atomic E-state index is -1.28. The van der Waals surface area contributed by atoms with Crippen LogP contribution in [0.4, 0.5) is 0 Å². The van der Waals surface area contributed by atoms with Crippen LogP contribution in [-0.2, 0) is 14.3 Å². The fraction of sp³-hybridized carbons (Fsp3) is 0.600. The Morgan fingerprint density at radius 1 is 1.40 bits per heavy atom. The predicted octanol–water partition coefficient (Wildman–Crippen LogP) is -0.203. The number of imidazole rings is 1. The summed E-state index contributed by atoms with van der Waals surface area (Å²) >= 11 is 0. The molecule has 2 aromatic heterocycles. The summed E-state index contributed by atoms with van der Waals surface area (Å²) in [5.41, 5.74) is 0.748. The van der Waals surface area contributed by atoms with Gasteiger partial charge < -0.3 is 24.4 Å². The van der Waals surface area contributed by atoms with Gasteiger partial charge >= 0.3 is 5.97 Å². The Morgan fingerprint density at radius 3 is 2.92 bits per heavy atom. The molecular weight excluding hydrogens is 332 g/mol. The standard InChI is InChI=1S/C15H20N4O6/c1-3-4-9(20)24-5-8-11(21)12(22)15(25-8)19-7-18-10-13(19)16-6-17-14(10)23-2/h6-8,11-12,15,21-22H,3-5H2,1-2H3/t8-,11-,12+,15?/m1/s1/i4D/t4?,8-,11-,12+,15?. The van der Waals surface area contributed by atoms with E-state index in [2.05, 4.69) is 15.0 Å². The van der Waals surface area contributed by atoms with Crippen molar-refractivity contribution in [3.63, 3.8) is 0 Å². The zero-order chi connectivity index (χ0) is 18.8. The van der Waals surface area contributed by atoms with Gasteiger partial charge in [0.25, 0.3) is 0 Å². The van der Waals surface area contributed by atoms with Crippen molar-refractivity contribution in [1.82, 2.24) is 19.5 Å².